The Kier molecular flexibility index (Phi) is 3.29. The molecule has 0 fully saturated rings. The third-order valence-corrected chi connectivity index (χ3v) is 3.03. The van der Waals surface area contributed by atoms with Gasteiger partial charge in [-0.3, -0.25) is 19.7 Å². The molecule has 0 unspecified atom stereocenters. The Morgan fingerprint density at radius 1 is 0.850 bits per heavy atom. The Morgan fingerprint density at radius 3 is 2.05 bits per heavy atom. The maximum Gasteiger partial charge on any atom is 0.150 e. The van der Waals surface area contributed by atoms with Crippen LogP contribution in [0, 0.1) is 0 Å². The van der Waals surface area contributed by atoms with E-state index < -0.39 is 0 Å². The maximum atomic E-state index is 11.3. The van der Waals surface area contributed by atoms with Crippen molar-refractivity contribution >= 4 is 6.29 Å². The van der Waals surface area contributed by atoms with E-state index in [9.17, 15) is 4.79 Å². The number of hydrogen-bond donors (Lipinski definition) is 0. The van der Waals surface area contributed by atoms with Crippen molar-refractivity contribution in [2.75, 3.05) is 0 Å². The molecule has 0 aliphatic rings. The predicted molar refractivity (Wildman–Crippen MR) is 76.1 cm³/mol. The highest BCUT2D eigenvalue weighted by Crippen LogP contribution is 2.25. The quantitative estimate of drug-likeness (QED) is 0.680. The molecule has 0 saturated carbocycles. The van der Waals surface area contributed by atoms with Crippen LogP contribution in [0.25, 0.3) is 22.4 Å². The highest BCUT2D eigenvalue weighted by atomic mass is 16.1. The Balaban J connectivity index is 2.10. The van der Waals surface area contributed by atoms with Gasteiger partial charge in [-0.05, 0) is 35.9 Å². The Hall–Kier alpha value is -2.88. The lowest BCUT2D eigenvalue weighted by Crippen LogP contribution is -1.93. The zero-order chi connectivity index (χ0) is 13.8. The van der Waals surface area contributed by atoms with Crippen molar-refractivity contribution in [1.82, 2.24) is 15.0 Å². The maximum absolute atomic E-state index is 11.3. The molecule has 0 aromatic carbocycles. The fraction of sp³-hybridized carbons (Fsp3) is 0. The van der Waals surface area contributed by atoms with E-state index in [-0.39, 0.29) is 0 Å². The summed E-state index contributed by atoms with van der Waals surface area (Å²) in [6.45, 7) is 0. The predicted octanol–water partition coefficient (Wildman–Crippen LogP) is 3.02. The van der Waals surface area contributed by atoms with Gasteiger partial charge in [-0.1, -0.05) is 0 Å². The Bertz CT molecular complexity index is 727. The summed E-state index contributed by atoms with van der Waals surface area (Å²) in [5.41, 5.74) is 4.03. The van der Waals surface area contributed by atoms with Gasteiger partial charge in [0.15, 0.2) is 6.29 Å². The average Bonchev–Trinajstić information content (AvgIpc) is 2.56. The van der Waals surface area contributed by atoms with Crippen molar-refractivity contribution in [2.45, 2.75) is 0 Å². The zero-order valence-corrected chi connectivity index (χ0v) is 10.6. The molecule has 20 heavy (non-hydrogen) atoms. The van der Waals surface area contributed by atoms with E-state index in [4.69, 9.17) is 0 Å². The first-order valence-electron chi connectivity index (χ1n) is 6.14. The molecule has 0 bridgehead atoms. The highest BCUT2D eigenvalue weighted by molar-refractivity contribution is 5.88. The van der Waals surface area contributed by atoms with Gasteiger partial charge in [-0.25, -0.2) is 0 Å². The second kappa shape index (κ2) is 5.40. The summed E-state index contributed by atoms with van der Waals surface area (Å²) in [4.78, 5) is 23.7. The molecule has 0 aliphatic carbocycles. The molecule has 96 valence electrons. The molecule has 0 saturated heterocycles. The average molecular weight is 261 g/mol. The molecule has 3 heterocycles. The molecule has 4 heteroatoms. The number of hydrogen-bond acceptors (Lipinski definition) is 4. The number of nitrogens with zero attached hydrogens (tertiary/aromatic N) is 3. The van der Waals surface area contributed by atoms with Crippen LogP contribution in [-0.4, -0.2) is 21.2 Å². The van der Waals surface area contributed by atoms with Gasteiger partial charge in [0.1, 0.15) is 0 Å². The van der Waals surface area contributed by atoms with Crippen LogP contribution in [0.5, 0.6) is 0 Å². The standard InChI is InChI=1S/C16H11N3O/c20-11-14-9-16(13-3-7-18-8-4-13)19-10-15(14)12-1-5-17-6-2-12/h1-11H. The second-order valence-corrected chi connectivity index (χ2v) is 4.25. The third kappa shape index (κ3) is 2.31. The van der Waals surface area contributed by atoms with E-state index in [0.29, 0.717) is 5.56 Å². The van der Waals surface area contributed by atoms with E-state index in [1.807, 2.05) is 24.3 Å². The minimum Gasteiger partial charge on any atom is -0.298 e. The number of carbonyl (C=O) groups excluding carboxylic acids is 1. The monoisotopic (exact) mass is 261 g/mol. The Morgan fingerprint density at radius 2 is 1.45 bits per heavy atom. The molecule has 3 rings (SSSR count). The van der Waals surface area contributed by atoms with Crippen LogP contribution in [0.1, 0.15) is 10.4 Å². The minimum atomic E-state index is 0.609. The van der Waals surface area contributed by atoms with Crippen molar-refractivity contribution in [3.63, 3.8) is 0 Å². The normalized spacial score (nSPS) is 10.2. The molecule has 0 N–H and O–H groups in total. The van der Waals surface area contributed by atoms with Crippen molar-refractivity contribution < 1.29 is 4.79 Å². The number of rotatable bonds is 3. The van der Waals surface area contributed by atoms with Gasteiger partial charge in [0.05, 0.1) is 5.69 Å². The van der Waals surface area contributed by atoms with E-state index in [1.165, 1.54) is 0 Å². The topological polar surface area (TPSA) is 55.7 Å². The molecule has 3 aromatic rings. The largest absolute Gasteiger partial charge is 0.298 e. The smallest absolute Gasteiger partial charge is 0.150 e. The molecule has 0 spiro atoms. The SMILES string of the molecule is O=Cc1cc(-c2ccncc2)ncc1-c1ccncc1. The lowest BCUT2D eigenvalue weighted by Gasteiger charge is -2.07. The zero-order valence-electron chi connectivity index (χ0n) is 10.6. The fourth-order valence-corrected chi connectivity index (χ4v) is 2.02. The fourth-order valence-electron chi connectivity index (χ4n) is 2.02. The van der Waals surface area contributed by atoms with Crippen LogP contribution in [0.4, 0.5) is 0 Å². The number of aromatic nitrogens is 3. The first-order chi connectivity index (χ1) is 9.88. The Labute approximate surface area is 116 Å². The van der Waals surface area contributed by atoms with Gasteiger partial charge in [-0.15, -0.1) is 0 Å². The molecule has 0 amide bonds. The molecule has 0 atom stereocenters. The molecular formula is C16H11N3O. The van der Waals surface area contributed by atoms with Crippen LogP contribution in [0.15, 0.2) is 61.3 Å². The molecule has 0 radical (unpaired) electrons. The van der Waals surface area contributed by atoms with Gasteiger partial charge in [0.25, 0.3) is 0 Å². The van der Waals surface area contributed by atoms with Gasteiger partial charge >= 0.3 is 0 Å². The van der Waals surface area contributed by atoms with E-state index in [0.717, 1.165) is 28.7 Å². The van der Waals surface area contributed by atoms with E-state index in [1.54, 1.807) is 37.1 Å². The molecular weight excluding hydrogens is 250 g/mol. The lowest BCUT2D eigenvalue weighted by atomic mass is 10.0. The van der Waals surface area contributed by atoms with Crippen molar-refractivity contribution in [3.8, 4) is 22.4 Å². The number of carbonyl (C=O) groups is 1. The van der Waals surface area contributed by atoms with Gasteiger partial charge in [-0.2, -0.15) is 0 Å². The summed E-state index contributed by atoms with van der Waals surface area (Å²) in [7, 11) is 0. The van der Waals surface area contributed by atoms with Crippen LogP contribution < -0.4 is 0 Å². The molecule has 4 nitrogen and oxygen atoms in total. The van der Waals surface area contributed by atoms with E-state index >= 15 is 0 Å². The van der Waals surface area contributed by atoms with Crippen LogP contribution in [0.2, 0.25) is 0 Å². The van der Waals surface area contributed by atoms with Crippen LogP contribution in [0.3, 0.4) is 0 Å². The van der Waals surface area contributed by atoms with Crippen molar-refractivity contribution in [1.29, 1.82) is 0 Å². The minimum absolute atomic E-state index is 0.609. The molecule has 3 aromatic heterocycles. The molecule has 0 aliphatic heterocycles. The van der Waals surface area contributed by atoms with Crippen LogP contribution >= 0.6 is 0 Å². The van der Waals surface area contributed by atoms with Gasteiger partial charge < -0.3 is 0 Å². The lowest BCUT2D eigenvalue weighted by molar-refractivity contribution is 0.112. The van der Waals surface area contributed by atoms with Crippen molar-refractivity contribution in [3.05, 3.63) is 66.9 Å². The summed E-state index contributed by atoms with van der Waals surface area (Å²) < 4.78 is 0. The summed E-state index contributed by atoms with van der Waals surface area (Å²) in [6, 6.07) is 9.23. The summed E-state index contributed by atoms with van der Waals surface area (Å²) in [5.74, 6) is 0. The second-order valence-electron chi connectivity index (χ2n) is 4.25. The summed E-state index contributed by atoms with van der Waals surface area (Å²) in [6.07, 6.45) is 9.36. The van der Waals surface area contributed by atoms with E-state index in [2.05, 4.69) is 15.0 Å². The first kappa shape index (κ1) is 12.2. The van der Waals surface area contributed by atoms with Gasteiger partial charge in [0, 0.05) is 47.7 Å². The summed E-state index contributed by atoms with van der Waals surface area (Å²) >= 11 is 0. The summed E-state index contributed by atoms with van der Waals surface area (Å²) in [5, 5.41) is 0. The number of pyridine rings is 3. The van der Waals surface area contributed by atoms with Gasteiger partial charge in [0.2, 0.25) is 0 Å². The number of aldehydes is 1. The highest BCUT2D eigenvalue weighted by Gasteiger charge is 2.08. The first-order valence-corrected chi connectivity index (χ1v) is 6.14. The van der Waals surface area contributed by atoms with Crippen molar-refractivity contribution in [2.24, 2.45) is 0 Å². The third-order valence-electron chi connectivity index (χ3n) is 3.03. The van der Waals surface area contributed by atoms with Crippen LogP contribution in [-0.2, 0) is 0 Å².